The van der Waals surface area contributed by atoms with Crippen molar-refractivity contribution in [3.05, 3.63) is 96.1 Å². The van der Waals surface area contributed by atoms with Gasteiger partial charge in [-0.25, -0.2) is 4.79 Å². The van der Waals surface area contributed by atoms with Gasteiger partial charge in [-0.05, 0) is 58.3 Å². The number of phenols is 1. The van der Waals surface area contributed by atoms with Crippen molar-refractivity contribution in [1.82, 2.24) is 0 Å². The van der Waals surface area contributed by atoms with Gasteiger partial charge in [-0.1, -0.05) is 48.5 Å². The maximum atomic E-state index is 12.9. The van der Waals surface area contributed by atoms with E-state index in [1.165, 1.54) is 18.2 Å². The molecule has 0 bridgehead atoms. The van der Waals surface area contributed by atoms with Gasteiger partial charge in [-0.3, -0.25) is 0 Å². The van der Waals surface area contributed by atoms with Crippen LogP contribution in [0.2, 0.25) is 0 Å². The number of aromatic hydroxyl groups is 1. The topological polar surface area (TPSA) is 46.5 Å². The molecule has 0 aliphatic rings. The summed E-state index contributed by atoms with van der Waals surface area (Å²) in [5.41, 5.74) is 0.847. The highest BCUT2D eigenvalue weighted by Gasteiger charge is 2.31. The molecule has 150 valence electrons. The molecule has 0 heterocycles. The third kappa shape index (κ3) is 3.98. The molecule has 4 aromatic carbocycles. The number of benzene rings is 4. The maximum Gasteiger partial charge on any atom is 0.416 e. The van der Waals surface area contributed by atoms with Crippen LogP contribution in [-0.2, 0) is 6.18 Å². The highest BCUT2D eigenvalue weighted by Crippen LogP contribution is 2.33. The summed E-state index contributed by atoms with van der Waals surface area (Å²) in [6.07, 6.45) is -4.55. The lowest BCUT2D eigenvalue weighted by atomic mass is 9.99. The molecule has 30 heavy (non-hydrogen) atoms. The molecule has 0 amide bonds. The number of halogens is 3. The van der Waals surface area contributed by atoms with Crippen molar-refractivity contribution in [3.63, 3.8) is 0 Å². The van der Waals surface area contributed by atoms with Crippen molar-refractivity contribution in [2.45, 2.75) is 6.18 Å². The van der Waals surface area contributed by atoms with Crippen LogP contribution in [-0.4, -0.2) is 11.1 Å². The molecule has 0 spiro atoms. The quantitative estimate of drug-likeness (QED) is 0.313. The first kappa shape index (κ1) is 19.5. The van der Waals surface area contributed by atoms with E-state index in [4.69, 9.17) is 4.74 Å². The van der Waals surface area contributed by atoms with E-state index in [1.807, 2.05) is 48.5 Å². The Morgan fingerprint density at radius 2 is 1.53 bits per heavy atom. The van der Waals surface area contributed by atoms with E-state index in [9.17, 15) is 23.1 Å². The number of ether oxygens (including phenoxy) is 1. The standard InChI is InChI=1S/C24H15F3O3/c25-24(26,27)19-7-4-8-20(14-19)30-23(29)21-12-18-11-16(15-5-2-1-3-6-15)9-10-17(18)13-22(21)28/h1-14,28H. The van der Waals surface area contributed by atoms with Crippen LogP contribution in [0.25, 0.3) is 21.9 Å². The minimum Gasteiger partial charge on any atom is -0.507 e. The van der Waals surface area contributed by atoms with Gasteiger partial charge in [0, 0.05) is 0 Å². The molecule has 4 aromatic rings. The Kier molecular flexibility index (Phi) is 4.91. The van der Waals surface area contributed by atoms with E-state index in [-0.39, 0.29) is 17.1 Å². The van der Waals surface area contributed by atoms with Gasteiger partial charge in [0.05, 0.1) is 5.56 Å². The van der Waals surface area contributed by atoms with Crippen molar-refractivity contribution in [2.24, 2.45) is 0 Å². The molecule has 0 radical (unpaired) electrons. The number of phenolic OH excluding ortho intramolecular Hbond substituents is 1. The summed E-state index contributed by atoms with van der Waals surface area (Å²) in [7, 11) is 0. The number of alkyl halides is 3. The molecule has 0 aromatic heterocycles. The second kappa shape index (κ2) is 7.55. The molecule has 1 N–H and O–H groups in total. The number of hydrogen-bond donors (Lipinski definition) is 1. The van der Waals surface area contributed by atoms with Gasteiger partial charge in [-0.2, -0.15) is 13.2 Å². The summed E-state index contributed by atoms with van der Waals surface area (Å²) >= 11 is 0. The third-order valence-electron chi connectivity index (χ3n) is 4.65. The van der Waals surface area contributed by atoms with E-state index >= 15 is 0 Å². The van der Waals surface area contributed by atoms with E-state index in [0.717, 1.165) is 29.3 Å². The Labute approximate surface area is 170 Å². The Bertz CT molecular complexity index is 1230. The molecule has 0 atom stereocenters. The number of fused-ring (bicyclic) bond motifs is 1. The lowest BCUT2D eigenvalue weighted by Crippen LogP contribution is -2.10. The average Bonchev–Trinajstić information content (AvgIpc) is 2.73. The van der Waals surface area contributed by atoms with Crippen LogP contribution in [0.3, 0.4) is 0 Å². The second-order valence-electron chi connectivity index (χ2n) is 6.71. The van der Waals surface area contributed by atoms with Crippen molar-refractivity contribution in [2.75, 3.05) is 0 Å². The van der Waals surface area contributed by atoms with E-state index < -0.39 is 17.7 Å². The third-order valence-corrected chi connectivity index (χ3v) is 4.65. The molecule has 0 aliphatic heterocycles. The number of hydrogen-bond acceptors (Lipinski definition) is 3. The Hall–Kier alpha value is -3.80. The van der Waals surface area contributed by atoms with Gasteiger partial charge < -0.3 is 9.84 Å². The molecule has 0 aliphatic carbocycles. The Balaban J connectivity index is 1.68. The van der Waals surface area contributed by atoms with Gasteiger partial charge >= 0.3 is 12.1 Å². The lowest BCUT2D eigenvalue weighted by molar-refractivity contribution is -0.137. The molecule has 6 heteroatoms. The molecule has 0 fully saturated rings. The smallest absolute Gasteiger partial charge is 0.416 e. The molecule has 0 unspecified atom stereocenters. The summed E-state index contributed by atoms with van der Waals surface area (Å²) in [5.74, 6) is -1.52. The fourth-order valence-electron chi connectivity index (χ4n) is 3.16. The summed E-state index contributed by atoms with van der Waals surface area (Å²) in [4.78, 5) is 12.5. The highest BCUT2D eigenvalue weighted by atomic mass is 19.4. The Morgan fingerprint density at radius 1 is 0.767 bits per heavy atom. The number of carbonyl (C=O) groups excluding carboxylic acids is 1. The van der Waals surface area contributed by atoms with Crippen LogP contribution in [0.4, 0.5) is 13.2 Å². The largest absolute Gasteiger partial charge is 0.507 e. The summed E-state index contributed by atoms with van der Waals surface area (Å²) in [6.45, 7) is 0. The zero-order chi connectivity index (χ0) is 21.3. The molecule has 0 saturated carbocycles. The SMILES string of the molecule is O=C(Oc1cccc(C(F)(F)F)c1)c1cc2cc(-c3ccccc3)ccc2cc1O. The van der Waals surface area contributed by atoms with Crippen molar-refractivity contribution < 1.29 is 27.8 Å². The van der Waals surface area contributed by atoms with Gasteiger partial charge in [0.1, 0.15) is 17.1 Å². The van der Waals surface area contributed by atoms with E-state index in [0.29, 0.717) is 10.8 Å². The second-order valence-corrected chi connectivity index (χ2v) is 6.71. The lowest BCUT2D eigenvalue weighted by Gasteiger charge is -2.11. The van der Waals surface area contributed by atoms with E-state index in [2.05, 4.69) is 0 Å². The zero-order valence-corrected chi connectivity index (χ0v) is 15.5. The highest BCUT2D eigenvalue weighted by molar-refractivity contribution is 6.00. The van der Waals surface area contributed by atoms with Gasteiger partial charge in [0.15, 0.2) is 0 Å². The van der Waals surface area contributed by atoms with Crippen LogP contribution in [0.15, 0.2) is 84.9 Å². The molecule has 0 saturated heterocycles. The maximum absolute atomic E-state index is 12.9. The van der Waals surface area contributed by atoms with Crippen LogP contribution in [0, 0.1) is 0 Å². The number of rotatable bonds is 3. The first-order chi connectivity index (χ1) is 14.3. The number of carbonyl (C=O) groups is 1. The van der Waals surface area contributed by atoms with Gasteiger partial charge in [-0.15, -0.1) is 0 Å². The first-order valence-corrected chi connectivity index (χ1v) is 9.03. The van der Waals surface area contributed by atoms with Crippen molar-refractivity contribution >= 4 is 16.7 Å². The van der Waals surface area contributed by atoms with Crippen LogP contribution >= 0.6 is 0 Å². The zero-order valence-electron chi connectivity index (χ0n) is 15.5. The predicted molar refractivity (Wildman–Crippen MR) is 107 cm³/mol. The van der Waals surface area contributed by atoms with Gasteiger partial charge in [0.25, 0.3) is 0 Å². The van der Waals surface area contributed by atoms with Crippen molar-refractivity contribution in [1.29, 1.82) is 0 Å². The van der Waals surface area contributed by atoms with Crippen LogP contribution in [0.5, 0.6) is 11.5 Å². The number of esters is 1. The molecule has 3 nitrogen and oxygen atoms in total. The monoisotopic (exact) mass is 408 g/mol. The molecule has 4 rings (SSSR count). The van der Waals surface area contributed by atoms with Crippen molar-refractivity contribution in [3.8, 4) is 22.6 Å². The summed E-state index contributed by atoms with van der Waals surface area (Å²) in [6, 6.07) is 22.1. The fourth-order valence-corrected chi connectivity index (χ4v) is 3.16. The summed E-state index contributed by atoms with van der Waals surface area (Å²) < 4.78 is 43.7. The Morgan fingerprint density at radius 3 is 2.27 bits per heavy atom. The minimum absolute atomic E-state index is 0.134. The molecular weight excluding hydrogens is 393 g/mol. The normalized spacial score (nSPS) is 11.4. The summed E-state index contributed by atoms with van der Waals surface area (Å²) in [5, 5.41) is 11.6. The van der Waals surface area contributed by atoms with E-state index in [1.54, 1.807) is 0 Å². The van der Waals surface area contributed by atoms with Crippen LogP contribution in [0.1, 0.15) is 15.9 Å². The van der Waals surface area contributed by atoms with Crippen LogP contribution < -0.4 is 4.74 Å². The molecular formula is C24H15F3O3. The first-order valence-electron chi connectivity index (χ1n) is 9.03. The minimum atomic E-state index is -4.55. The average molecular weight is 408 g/mol. The van der Waals surface area contributed by atoms with Gasteiger partial charge in [0.2, 0.25) is 0 Å². The predicted octanol–water partition coefficient (Wildman–Crippen LogP) is 6.45. The fraction of sp³-hybridized carbons (Fsp3) is 0.0417.